The summed E-state index contributed by atoms with van der Waals surface area (Å²) >= 11 is 0. The number of hydrogen-bond acceptors (Lipinski definition) is 7. The molecule has 2 aromatic rings. The third-order valence-corrected chi connectivity index (χ3v) is 3.90. The van der Waals surface area contributed by atoms with Gasteiger partial charge in [0.25, 0.3) is 11.8 Å². The second kappa shape index (κ2) is 9.45. The van der Waals surface area contributed by atoms with Crippen LogP contribution in [0.4, 0.5) is 0 Å². The van der Waals surface area contributed by atoms with Crippen molar-refractivity contribution in [2.24, 2.45) is 5.73 Å². The molecule has 0 saturated carbocycles. The molecule has 3 rings (SSSR count). The van der Waals surface area contributed by atoms with Crippen LogP contribution in [0.15, 0.2) is 48.5 Å². The molecule has 29 heavy (non-hydrogen) atoms. The van der Waals surface area contributed by atoms with Gasteiger partial charge in [0.2, 0.25) is 0 Å². The predicted molar refractivity (Wildman–Crippen MR) is 101 cm³/mol. The lowest BCUT2D eigenvalue weighted by Gasteiger charge is -2.26. The van der Waals surface area contributed by atoms with E-state index in [4.69, 9.17) is 24.7 Å². The van der Waals surface area contributed by atoms with Crippen molar-refractivity contribution in [2.45, 2.75) is 6.10 Å². The van der Waals surface area contributed by atoms with E-state index < -0.39 is 24.4 Å². The Hall–Kier alpha value is -3.75. The SMILES string of the molecule is NC(=O)COc1ccc(C(=O)OCC(=O)NC[C@H]2COc3ccccc3O2)cc1. The number of rotatable bonds is 8. The molecule has 0 aliphatic carbocycles. The van der Waals surface area contributed by atoms with E-state index in [0.717, 1.165) is 0 Å². The van der Waals surface area contributed by atoms with Crippen molar-refractivity contribution >= 4 is 17.8 Å². The normalized spacial score (nSPS) is 14.6. The van der Waals surface area contributed by atoms with Gasteiger partial charge in [-0.3, -0.25) is 9.59 Å². The van der Waals surface area contributed by atoms with E-state index in [1.165, 1.54) is 24.3 Å². The van der Waals surface area contributed by atoms with E-state index in [-0.39, 0.29) is 24.8 Å². The fourth-order valence-electron chi connectivity index (χ4n) is 2.50. The maximum Gasteiger partial charge on any atom is 0.338 e. The smallest absolute Gasteiger partial charge is 0.338 e. The number of carbonyl (C=O) groups excluding carboxylic acids is 3. The topological polar surface area (TPSA) is 126 Å². The maximum atomic E-state index is 12.0. The first-order chi connectivity index (χ1) is 14.0. The standard InChI is InChI=1S/C20H20N2O7/c21-18(23)11-26-14-7-5-13(6-8-14)20(25)28-12-19(24)22-9-15-10-27-16-3-1-2-4-17(16)29-15/h1-8,15H,9-12H2,(H2,21,23)(H,22,24)/t15-/m0/s1. The van der Waals surface area contributed by atoms with E-state index in [0.29, 0.717) is 23.9 Å². The Kier molecular flexibility index (Phi) is 6.51. The summed E-state index contributed by atoms with van der Waals surface area (Å²) in [5.74, 6) is -0.0546. The summed E-state index contributed by atoms with van der Waals surface area (Å²) in [5.41, 5.74) is 5.23. The van der Waals surface area contributed by atoms with Crippen molar-refractivity contribution in [2.75, 3.05) is 26.4 Å². The van der Waals surface area contributed by atoms with Crippen LogP contribution in [0, 0.1) is 0 Å². The molecule has 0 bridgehead atoms. The molecule has 1 atom stereocenters. The lowest BCUT2D eigenvalue weighted by atomic mass is 10.2. The van der Waals surface area contributed by atoms with Crippen molar-refractivity contribution in [1.29, 1.82) is 0 Å². The summed E-state index contributed by atoms with van der Waals surface area (Å²) in [4.78, 5) is 34.6. The molecule has 0 radical (unpaired) electrons. The highest BCUT2D eigenvalue weighted by Gasteiger charge is 2.21. The molecule has 1 aliphatic heterocycles. The Bertz CT molecular complexity index is 883. The molecule has 2 amide bonds. The minimum absolute atomic E-state index is 0.219. The zero-order chi connectivity index (χ0) is 20.6. The van der Waals surface area contributed by atoms with Gasteiger partial charge < -0.3 is 30.0 Å². The molecule has 0 spiro atoms. The highest BCUT2D eigenvalue weighted by molar-refractivity contribution is 5.91. The number of nitrogens with two attached hydrogens (primary N) is 1. The highest BCUT2D eigenvalue weighted by Crippen LogP contribution is 2.30. The third kappa shape index (κ3) is 5.86. The number of para-hydroxylation sites is 2. The van der Waals surface area contributed by atoms with Crippen molar-refractivity contribution in [1.82, 2.24) is 5.32 Å². The molecule has 9 nitrogen and oxygen atoms in total. The van der Waals surface area contributed by atoms with Gasteiger partial charge in [-0.1, -0.05) is 12.1 Å². The van der Waals surface area contributed by atoms with E-state index in [9.17, 15) is 14.4 Å². The summed E-state index contributed by atoms with van der Waals surface area (Å²) in [5, 5.41) is 2.64. The van der Waals surface area contributed by atoms with Crippen LogP contribution in [0.25, 0.3) is 0 Å². The van der Waals surface area contributed by atoms with Gasteiger partial charge in [-0.25, -0.2) is 4.79 Å². The summed E-state index contributed by atoms with van der Waals surface area (Å²) in [7, 11) is 0. The molecule has 9 heteroatoms. The zero-order valence-corrected chi connectivity index (χ0v) is 15.5. The Morgan fingerprint density at radius 3 is 2.48 bits per heavy atom. The average Bonchev–Trinajstić information content (AvgIpc) is 2.74. The van der Waals surface area contributed by atoms with Gasteiger partial charge in [0.05, 0.1) is 12.1 Å². The number of nitrogens with one attached hydrogen (secondary N) is 1. The highest BCUT2D eigenvalue weighted by atomic mass is 16.6. The number of benzene rings is 2. The second-order valence-corrected chi connectivity index (χ2v) is 6.16. The zero-order valence-electron chi connectivity index (χ0n) is 15.5. The first-order valence-corrected chi connectivity index (χ1v) is 8.85. The molecule has 3 N–H and O–H groups in total. The second-order valence-electron chi connectivity index (χ2n) is 6.16. The van der Waals surface area contributed by atoms with Crippen LogP contribution < -0.4 is 25.3 Å². The minimum Gasteiger partial charge on any atom is -0.486 e. The number of ether oxygens (including phenoxy) is 4. The van der Waals surface area contributed by atoms with Gasteiger partial charge in [0.15, 0.2) is 24.7 Å². The van der Waals surface area contributed by atoms with Gasteiger partial charge in [-0.2, -0.15) is 0 Å². The van der Waals surface area contributed by atoms with Crippen molar-refractivity contribution < 1.29 is 33.3 Å². The molecule has 1 heterocycles. The predicted octanol–water partition coefficient (Wildman–Crippen LogP) is 0.664. The van der Waals surface area contributed by atoms with Crippen LogP contribution in [-0.2, 0) is 14.3 Å². The Balaban J connectivity index is 1.39. The van der Waals surface area contributed by atoms with Crippen LogP contribution >= 0.6 is 0 Å². The summed E-state index contributed by atoms with van der Waals surface area (Å²) in [6.07, 6.45) is -0.336. The molecule has 0 fully saturated rings. The number of hydrogen-bond donors (Lipinski definition) is 2. The van der Waals surface area contributed by atoms with Crippen LogP contribution in [0.3, 0.4) is 0 Å². The fourth-order valence-corrected chi connectivity index (χ4v) is 2.50. The van der Waals surface area contributed by atoms with Crippen LogP contribution in [0.1, 0.15) is 10.4 Å². The summed E-state index contributed by atoms with van der Waals surface area (Å²) in [6.45, 7) is -0.161. The minimum atomic E-state index is -0.659. The van der Waals surface area contributed by atoms with E-state index in [2.05, 4.69) is 5.32 Å². The van der Waals surface area contributed by atoms with Crippen molar-refractivity contribution in [3.05, 3.63) is 54.1 Å². The summed E-state index contributed by atoms with van der Waals surface area (Å²) in [6, 6.07) is 13.2. The Labute approximate surface area is 166 Å². The fraction of sp³-hybridized carbons (Fsp3) is 0.250. The number of amides is 2. The number of esters is 1. The van der Waals surface area contributed by atoms with E-state index in [1.54, 1.807) is 12.1 Å². The lowest BCUT2D eigenvalue weighted by Crippen LogP contribution is -2.42. The molecular weight excluding hydrogens is 380 g/mol. The van der Waals surface area contributed by atoms with Crippen molar-refractivity contribution in [3.8, 4) is 17.2 Å². The average molecular weight is 400 g/mol. The largest absolute Gasteiger partial charge is 0.486 e. The Morgan fingerprint density at radius 1 is 1.03 bits per heavy atom. The first-order valence-electron chi connectivity index (χ1n) is 8.85. The maximum absolute atomic E-state index is 12.0. The number of fused-ring (bicyclic) bond motifs is 1. The van der Waals surface area contributed by atoms with E-state index >= 15 is 0 Å². The monoisotopic (exact) mass is 400 g/mol. The molecule has 0 unspecified atom stereocenters. The van der Waals surface area contributed by atoms with Crippen LogP contribution in [-0.4, -0.2) is 50.3 Å². The van der Waals surface area contributed by atoms with Crippen molar-refractivity contribution in [3.63, 3.8) is 0 Å². The molecule has 1 aliphatic rings. The summed E-state index contributed by atoms with van der Waals surface area (Å²) < 4.78 is 21.4. The first kappa shape index (κ1) is 20.0. The molecule has 2 aromatic carbocycles. The molecular formula is C20H20N2O7. The molecule has 152 valence electrons. The van der Waals surface area contributed by atoms with E-state index in [1.807, 2.05) is 12.1 Å². The van der Waals surface area contributed by atoms with Gasteiger partial charge in [-0.15, -0.1) is 0 Å². The van der Waals surface area contributed by atoms with Gasteiger partial charge in [-0.05, 0) is 36.4 Å². The van der Waals surface area contributed by atoms with Crippen LogP contribution in [0.5, 0.6) is 17.2 Å². The van der Waals surface area contributed by atoms with Crippen LogP contribution in [0.2, 0.25) is 0 Å². The quantitative estimate of drug-likeness (QED) is 0.624. The third-order valence-electron chi connectivity index (χ3n) is 3.90. The van der Waals surface area contributed by atoms with Gasteiger partial charge >= 0.3 is 5.97 Å². The number of carbonyl (C=O) groups is 3. The Morgan fingerprint density at radius 2 is 1.76 bits per heavy atom. The number of primary amides is 1. The van der Waals surface area contributed by atoms with Gasteiger partial charge in [0, 0.05) is 0 Å². The molecule has 0 aromatic heterocycles. The molecule has 0 saturated heterocycles. The lowest BCUT2D eigenvalue weighted by molar-refractivity contribution is -0.124. The van der Waals surface area contributed by atoms with Gasteiger partial charge in [0.1, 0.15) is 18.5 Å².